The van der Waals surface area contributed by atoms with E-state index >= 15 is 0 Å². The number of hydrogen-bond donors (Lipinski definition) is 0. The summed E-state index contributed by atoms with van der Waals surface area (Å²) in [4.78, 5) is 0. The van der Waals surface area contributed by atoms with Crippen LogP contribution in [-0.4, -0.2) is 4.57 Å². The molecule has 45 heavy (non-hydrogen) atoms. The number of nitrogens with zero attached hydrogens (tertiary/aromatic N) is 1. The third kappa shape index (κ3) is 4.48. The maximum atomic E-state index is 2.34. The van der Waals surface area contributed by atoms with E-state index in [-0.39, 0.29) is 0 Å². The van der Waals surface area contributed by atoms with Crippen LogP contribution in [0.4, 0.5) is 0 Å². The van der Waals surface area contributed by atoms with Gasteiger partial charge in [0.15, 0.2) is 0 Å². The van der Waals surface area contributed by atoms with Gasteiger partial charge in [0.2, 0.25) is 0 Å². The van der Waals surface area contributed by atoms with Gasteiger partial charge in [-0.15, -0.1) is 0 Å². The van der Waals surface area contributed by atoms with E-state index in [2.05, 4.69) is 169 Å². The van der Waals surface area contributed by atoms with Crippen molar-refractivity contribution in [1.29, 1.82) is 0 Å². The van der Waals surface area contributed by atoms with Crippen LogP contribution in [0, 0.1) is 0 Å². The van der Waals surface area contributed by atoms with Gasteiger partial charge in [-0.25, -0.2) is 0 Å². The minimum atomic E-state index is 1.01. The molecule has 0 aliphatic heterocycles. The summed E-state index contributed by atoms with van der Waals surface area (Å²) in [6, 6.07) is 51.3. The van der Waals surface area contributed by atoms with Crippen molar-refractivity contribution in [2.24, 2.45) is 7.05 Å². The largest absolute Gasteiger partial charge is 0.344 e. The molecule has 1 heteroatoms. The molecule has 7 aromatic carbocycles. The van der Waals surface area contributed by atoms with E-state index in [0.29, 0.717) is 0 Å². The Balaban J connectivity index is 0.964. The van der Waals surface area contributed by atoms with Gasteiger partial charge >= 0.3 is 0 Å². The van der Waals surface area contributed by atoms with Crippen LogP contribution < -0.4 is 0 Å². The predicted molar refractivity (Wildman–Crippen MR) is 194 cm³/mol. The highest BCUT2D eigenvalue weighted by Gasteiger charge is 2.14. The minimum Gasteiger partial charge on any atom is -0.344 e. The van der Waals surface area contributed by atoms with E-state index in [1.165, 1.54) is 87.9 Å². The smallest absolute Gasteiger partial charge is 0.0494 e. The maximum absolute atomic E-state index is 2.34. The highest BCUT2D eigenvalue weighted by atomic mass is 14.9. The Morgan fingerprint density at radius 2 is 1.07 bits per heavy atom. The molecule has 0 spiro atoms. The van der Waals surface area contributed by atoms with Crippen molar-refractivity contribution in [2.75, 3.05) is 0 Å². The average Bonchev–Trinajstić information content (AvgIpc) is 3.66. The molecule has 0 N–H and O–H groups in total. The summed E-state index contributed by atoms with van der Waals surface area (Å²) in [5.74, 6) is 0. The van der Waals surface area contributed by atoms with Gasteiger partial charge in [0.05, 0.1) is 0 Å². The quantitative estimate of drug-likeness (QED) is 0.185. The molecular formula is C44H31N. The molecule has 9 rings (SSSR count). The van der Waals surface area contributed by atoms with Gasteiger partial charge < -0.3 is 4.57 Å². The van der Waals surface area contributed by atoms with Crippen LogP contribution in [0.15, 0.2) is 140 Å². The lowest BCUT2D eigenvalue weighted by Crippen LogP contribution is -1.87. The zero-order chi connectivity index (χ0) is 29.9. The third-order valence-electron chi connectivity index (χ3n) is 9.58. The van der Waals surface area contributed by atoms with Gasteiger partial charge in [-0.05, 0) is 109 Å². The van der Waals surface area contributed by atoms with Gasteiger partial charge in [0.25, 0.3) is 0 Å². The Hall–Kier alpha value is -5.66. The first-order valence-corrected chi connectivity index (χ1v) is 15.7. The van der Waals surface area contributed by atoms with Crippen molar-refractivity contribution in [3.05, 3.63) is 167 Å². The maximum Gasteiger partial charge on any atom is 0.0494 e. The van der Waals surface area contributed by atoms with Crippen molar-refractivity contribution in [2.45, 2.75) is 6.42 Å². The minimum absolute atomic E-state index is 1.01. The van der Waals surface area contributed by atoms with Crippen LogP contribution in [0.2, 0.25) is 0 Å². The van der Waals surface area contributed by atoms with Crippen molar-refractivity contribution in [3.8, 4) is 11.1 Å². The van der Waals surface area contributed by atoms with Crippen molar-refractivity contribution >= 4 is 67.2 Å². The average molecular weight is 574 g/mol. The van der Waals surface area contributed by atoms with E-state index in [0.717, 1.165) is 6.42 Å². The van der Waals surface area contributed by atoms with Crippen molar-refractivity contribution < 1.29 is 0 Å². The van der Waals surface area contributed by atoms with E-state index in [4.69, 9.17) is 0 Å². The first-order chi connectivity index (χ1) is 22.2. The second-order valence-corrected chi connectivity index (χ2v) is 12.3. The predicted octanol–water partition coefficient (Wildman–Crippen LogP) is 11.6. The first kappa shape index (κ1) is 25.8. The molecule has 0 unspecified atom stereocenters. The highest BCUT2D eigenvalue weighted by molar-refractivity contribution is 6.09. The van der Waals surface area contributed by atoms with Crippen LogP contribution in [-0.2, 0) is 13.5 Å². The van der Waals surface area contributed by atoms with Crippen LogP contribution in [0.5, 0.6) is 0 Å². The number of fused-ring (bicyclic) bond motifs is 6. The summed E-state index contributed by atoms with van der Waals surface area (Å²) in [5.41, 5.74) is 12.9. The molecule has 0 amide bonds. The van der Waals surface area contributed by atoms with Gasteiger partial charge in [0, 0.05) is 28.9 Å². The number of aromatic nitrogens is 1. The Labute approximate surface area is 263 Å². The summed E-state index contributed by atoms with van der Waals surface area (Å²) in [6.07, 6.45) is 7.79. The van der Waals surface area contributed by atoms with E-state index in [9.17, 15) is 0 Å². The Morgan fingerprint density at radius 1 is 0.489 bits per heavy atom. The fourth-order valence-corrected chi connectivity index (χ4v) is 7.11. The fourth-order valence-electron chi connectivity index (χ4n) is 7.11. The summed E-state index contributed by atoms with van der Waals surface area (Å²) < 4.78 is 2.30. The molecule has 1 aromatic heterocycles. The van der Waals surface area contributed by atoms with Crippen LogP contribution >= 0.6 is 0 Å². The number of benzene rings is 7. The van der Waals surface area contributed by atoms with E-state index in [1.54, 1.807) is 0 Å². The summed E-state index contributed by atoms with van der Waals surface area (Å²) in [7, 11) is 2.16. The molecule has 1 nitrogen and oxygen atoms in total. The number of rotatable bonds is 4. The summed E-state index contributed by atoms with van der Waals surface area (Å²) in [6.45, 7) is 0. The van der Waals surface area contributed by atoms with Crippen LogP contribution in [0.1, 0.15) is 27.8 Å². The van der Waals surface area contributed by atoms with Gasteiger partial charge in [-0.3, -0.25) is 0 Å². The molecule has 0 fully saturated rings. The lowest BCUT2D eigenvalue weighted by atomic mass is 9.98. The molecule has 1 heterocycles. The summed E-state index contributed by atoms with van der Waals surface area (Å²) in [5, 5.41) is 7.66. The third-order valence-corrected chi connectivity index (χ3v) is 9.58. The number of allylic oxidation sites excluding steroid dienone is 1. The normalized spacial score (nSPS) is 13.0. The molecule has 0 bridgehead atoms. The van der Waals surface area contributed by atoms with Crippen molar-refractivity contribution in [3.63, 3.8) is 0 Å². The second-order valence-electron chi connectivity index (χ2n) is 12.3. The Kier molecular flexibility index (Phi) is 5.86. The zero-order valence-electron chi connectivity index (χ0n) is 25.2. The van der Waals surface area contributed by atoms with Gasteiger partial charge in [-0.1, -0.05) is 121 Å². The highest BCUT2D eigenvalue weighted by Crippen LogP contribution is 2.34. The van der Waals surface area contributed by atoms with E-state index in [1.807, 2.05) is 0 Å². The Bertz CT molecular complexity index is 2520. The van der Waals surface area contributed by atoms with Crippen LogP contribution in [0.25, 0.3) is 78.3 Å². The molecule has 8 aromatic rings. The molecule has 1 aliphatic rings. The standard InChI is InChI=1S/C44H31N/c1-45-43-9-5-4-8-41(43)42-21-20-39(28-44(42)45)37-18-16-33-22-29(12-14-35(33)24-37)10-11-30-13-15-36-25-38(19-17-34(36)23-30)40-26-31-6-2-3-7-32(31)27-40/h2-26,28H,27H2,1H3/b11-10+. The fraction of sp³-hybridized carbons (Fsp3) is 0.0455. The topological polar surface area (TPSA) is 4.93 Å². The molecular weight excluding hydrogens is 542 g/mol. The van der Waals surface area contributed by atoms with E-state index < -0.39 is 0 Å². The molecule has 0 saturated heterocycles. The first-order valence-electron chi connectivity index (χ1n) is 15.7. The van der Waals surface area contributed by atoms with Gasteiger partial charge in [0.1, 0.15) is 0 Å². The number of aryl methyl sites for hydroxylation is 1. The summed E-state index contributed by atoms with van der Waals surface area (Å²) >= 11 is 0. The molecule has 212 valence electrons. The molecule has 1 aliphatic carbocycles. The number of hydrogen-bond acceptors (Lipinski definition) is 0. The zero-order valence-corrected chi connectivity index (χ0v) is 25.2. The monoisotopic (exact) mass is 573 g/mol. The molecule has 0 saturated carbocycles. The Morgan fingerprint density at radius 3 is 1.84 bits per heavy atom. The van der Waals surface area contributed by atoms with Crippen LogP contribution in [0.3, 0.4) is 0 Å². The molecule has 0 atom stereocenters. The second kappa shape index (κ2) is 10.2. The lowest BCUT2D eigenvalue weighted by Gasteiger charge is -2.07. The molecule has 0 radical (unpaired) electrons. The SMILES string of the molecule is Cn1c2ccccc2c2ccc(-c3ccc4cc(/C=C/c5ccc6cc(C7=Cc8ccccc8C7)ccc6c5)ccc4c3)cc21. The van der Waals surface area contributed by atoms with Gasteiger partial charge in [-0.2, -0.15) is 0 Å². The van der Waals surface area contributed by atoms with Crippen molar-refractivity contribution in [1.82, 2.24) is 4.57 Å². The lowest BCUT2D eigenvalue weighted by molar-refractivity contribution is 1.01. The number of para-hydroxylation sites is 1.